The molecule has 1 aromatic heterocycles. The van der Waals surface area contributed by atoms with Crippen LogP contribution >= 0.6 is 0 Å². The van der Waals surface area contributed by atoms with Gasteiger partial charge in [-0.15, -0.1) is 0 Å². The number of aromatic nitrogens is 1. The van der Waals surface area contributed by atoms with Crippen molar-refractivity contribution in [2.45, 2.75) is 39.8 Å². The first-order valence-electron chi connectivity index (χ1n) is 8.10. The molecule has 0 bridgehead atoms. The fraction of sp³-hybridized carbons (Fsp3) is 0.368. The van der Waals surface area contributed by atoms with Gasteiger partial charge >= 0.3 is 0 Å². The van der Waals surface area contributed by atoms with Gasteiger partial charge in [0.05, 0.1) is 0 Å². The molecule has 0 saturated carbocycles. The first-order valence-corrected chi connectivity index (χ1v) is 8.10. The van der Waals surface area contributed by atoms with Gasteiger partial charge in [0.1, 0.15) is 17.9 Å². The molecular formula is C19H26N4O. The van der Waals surface area contributed by atoms with Crippen LogP contribution in [0.4, 0.5) is 5.82 Å². The van der Waals surface area contributed by atoms with E-state index in [1.54, 1.807) is 12.1 Å². The lowest BCUT2D eigenvalue weighted by atomic mass is 9.98. The number of nitrogens with one attached hydrogen (secondary N) is 1. The zero-order valence-corrected chi connectivity index (χ0v) is 15.0. The molecule has 0 amide bonds. The summed E-state index contributed by atoms with van der Waals surface area (Å²) < 4.78 is 2.12. The molecule has 128 valence electrons. The van der Waals surface area contributed by atoms with Crippen LogP contribution in [0.2, 0.25) is 0 Å². The Balaban J connectivity index is 2.78. The Labute approximate surface area is 143 Å². The predicted octanol–water partition coefficient (Wildman–Crippen LogP) is 4.39. The van der Waals surface area contributed by atoms with Crippen molar-refractivity contribution in [1.29, 1.82) is 0 Å². The number of phenolic OH excluding ortho intramolecular Hbond substituents is 1. The lowest BCUT2D eigenvalue weighted by Gasteiger charge is -2.15. The fourth-order valence-corrected chi connectivity index (χ4v) is 2.87. The number of benzene rings is 1. The van der Waals surface area contributed by atoms with Crippen LogP contribution in [0.1, 0.15) is 44.0 Å². The minimum Gasteiger partial charge on any atom is -0.508 e. The molecule has 1 heterocycles. The van der Waals surface area contributed by atoms with Crippen LogP contribution < -0.4 is 5.32 Å². The van der Waals surface area contributed by atoms with Crippen molar-refractivity contribution < 1.29 is 5.11 Å². The third-order valence-electron chi connectivity index (χ3n) is 4.10. The van der Waals surface area contributed by atoms with Crippen LogP contribution in [-0.2, 0) is 0 Å². The molecule has 0 aliphatic rings. The summed E-state index contributed by atoms with van der Waals surface area (Å²) in [6.07, 6.45) is 3.56. The zero-order valence-electron chi connectivity index (χ0n) is 15.0. The van der Waals surface area contributed by atoms with Crippen LogP contribution in [0.3, 0.4) is 0 Å². The largest absolute Gasteiger partial charge is 0.508 e. The highest BCUT2D eigenvalue weighted by Crippen LogP contribution is 2.40. The van der Waals surface area contributed by atoms with E-state index in [2.05, 4.69) is 59.6 Å². The van der Waals surface area contributed by atoms with Gasteiger partial charge in [0.2, 0.25) is 0 Å². The van der Waals surface area contributed by atoms with Gasteiger partial charge < -0.3 is 15.0 Å². The molecule has 1 aromatic carbocycles. The Hall–Kier alpha value is -2.40. The highest BCUT2D eigenvalue weighted by atomic mass is 16.3. The molecular weight excluding hydrogens is 300 g/mol. The molecule has 2 rings (SSSR count). The van der Waals surface area contributed by atoms with E-state index in [0.717, 1.165) is 28.1 Å². The monoisotopic (exact) mass is 326 g/mol. The number of phenols is 1. The summed E-state index contributed by atoms with van der Waals surface area (Å²) in [6, 6.07) is 5.96. The first kappa shape index (κ1) is 17.9. The standard InChI is InChI=1S/C19H26N4O/c1-12(2)23-10-17(15-7-13(3)8-16(24)9-15)18(14(4)21-6)19(23)22-11-20-5/h7-12,14,21,24H,5H2,1-4,6H3/b22-11-. The van der Waals surface area contributed by atoms with Crippen LogP contribution in [0.5, 0.6) is 5.75 Å². The predicted molar refractivity (Wildman–Crippen MR) is 102 cm³/mol. The number of aryl methyl sites for hydroxylation is 1. The summed E-state index contributed by atoms with van der Waals surface area (Å²) in [4.78, 5) is 8.26. The van der Waals surface area contributed by atoms with E-state index in [1.165, 1.54) is 6.34 Å². The van der Waals surface area contributed by atoms with Gasteiger partial charge in [0.15, 0.2) is 0 Å². The van der Waals surface area contributed by atoms with E-state index in [-0.39, 0.29) is 17.8 Å². The van der Waals surface area contributed by atoms with Crippen LogP contribution in [0.15, 0.2) is 34.4 Å². The van der Waals surface area contributed by atoms with Gasteiger partial charge in [-0.1, -0.05) is 6.07 Å². The Bertz CT molecular complexity index is 739. The number of rotatable bonds is 6. The molecule has 2 aromatic rings. The van der Waals surface area contributed by atoms with Crippen LogP contribution in [0.25, 0.3) is 11.1 Å². The van der Waals surface area contributed by atoms with E-state index in [0.29, 0.717) is 0 Å². The summed E-state index contributed by atoms with van der Waals surface area (Å²) in [5.41, 5.74) is 4.13. The highest BCUT2D eigenvalue weighted by Gasteiger charge is 2.22. The lowest BCUT2D eigenvalue weighted by molar-refractivity contribution is 0.475. The Morgan fingerprint density at radius 2 is 1.96 bits per heavy atom. The summed E-state index contributed by atoms with van der Waals surface area (Å²) in [7, 11) is 1.92. The molecule has 0 radical (unpaired) electrons. The van der Waals surface area contributed by atoms with E-state index in [9.17, 15) is 5.11 Å². The maximum atomic E-state index is 9.99. The van der Waals surface area contributed by atoms with Gasteiger partial charge in [0.25, 0.3) is 0 Å². The topological polar surface area (TPSA) is 61.9 Å². The summed E-state index contributed by atoms with van der Waals surface area (Å²) in [5, 5.41) is 13.3. The van der Waals surface area contributed by atoms with Crippen LogP contribution in [-0.4, -0.2) is 29.8 Å². The van der Waals surface area contributed by atoms with Gasteiger partial charge in [-0.2, -0.15) is 0 Å². The van der Waals surface area contributed by atoms with Crippen molar-refractivity contribution in [3.05, 3.63) is 35.5 Å². The summed E-state index contributed by atoms with van der Waals surface area (Å²) >= 11 is 0. The Morgan fingerprint density at radius 1 is 1.25 bits per heavy atom. The van der Waals surface area contributed by atoms with E-state index in [4.69, 9.17) is 0 Å². The molecule has 5 heteroatoms. The van der Waals surface area contributed by atoms with E-state index >= 15 is 0 Å². The van der Waals surface area contributed by atoms with Gasteiger partial charge in [-0.25, -0.2) is 4.99 Å². The van der Waals surface area contributed by atoms with Gasteiger partial charge in [-0.3, -0.25) is 4.99 Å². The number of aliphatic imine (C=N–C) groups is 2. The summed E-state index contributed by atoms with van der Waals surface area (Å²) in [5.74, 6) is 1.12. The van der Waals surface area contributed by atoms with Crippen molar-refractivity contribution >= 4 is 18.9 Å². The Kier molecular flexibility index (Phi) is 5.57. The first-order chi connectivity index (χ1) is 11.4. The molecule has 1 unspecified atom stereocenters. The second kappa shape index (κ2) is 7.45. The average Bonchev–Trinajstić information content (AvgIpc) is 2.90. The lowest BCUT2D eigenvalue weighted by Crippen LogP contribution is -2.13. The molecule has 0 saturated heterocycles. The minimum absolute atomic E-state index is 0.0969. The number of aromatic hydroxyl groups is 1. The molecule has 1 atom stereocenters. The number of hydrogen-bond donors (Lipinski definition) is 2. The van der Waals surface area contributed by atoms with Crippen molar-refractivity contribution in [2.75, 3.05) is 7.05 Å². The maximum Gasteiger partial charge on any atom is 0.140 e. The second-order valence-corrected chi connectivity index (χ2v) is 6.28. The van der Waals surface area contributed by atoms with E-state index in [1.807, 2.05) is 14.0 Å². The number of nitrogens with zero attached hydrogens (tertiary/aromatic N) is 3. The van der Waals surface area contributed by atoms with Crippen molar-refractivity contribution in [1.82, 2.24) is 9.88 Å². The maximum absolute atomic E-state index is 9.99. The van der Waals surface area contributed by atoms with Gasteiger partial charge in [-0.05, 0) is 64.7 Å². The zero-order chi connectivity index (χ0) is 17.9. The fourth-order valence-electron chi connectivity index (χ4n) is 2.87. The molecule has 5 nitrogen and oxygen atoms in total. The SMILES string of the molecule is C=N/C=N\c1c(C(C)NC)c(-c2cc(C)cc(O)c2)cn1C(C)C. The quantitative estimate of drug-likeness (QED) is 0.611. The third-order valence-corrected chi connectivity index (χ3v) is 4.10. The third kappa shape index (κ3) is 3.57. The Morgan fingerprint density at radius 3 is 2.50 bits per heavy atom. The highest BCUT2D eigenvalue weighted by molar-refractivity contribution is 5.77. The smallest absolute Gasteiger partial charge is 0.140 e. The molecule has 24 heavy (non-hydrogen) atoms. The molecule has 2 N–H and O–H groups in total. The number of hydrogen-bond acceptors (Lipinski definition) is 3. The van der Waals surface area contributed by atoms with Crippen molar-refractivity contribution in [2.24, 2.45) is 9.98 Å². The molecule has 0 aliphatic carbocycles. The molecule has 0 fully saturated rings. The van der Waals surface area contributed by atoms with Gasteiger partial charge in [0, 0.05) is 29.4 Å². The normalized spacial score (nSPS) is 12.9. The second-order valence-electron chi connectivity index (χ2n) is 6.28. The minimum atomic E-state index is 0.0969. The van der Waals surface area contributed by atoms with E-state index < -0.39 is 0 Å². The average molecular weight is 326 g/mol. The van der Waals surface area contributed by atoms with Crippen molar-refractivity contribution in [3.8, 4) is 16.9 Å². The summed E-state index contributed by atoms with van der Waals surface area (Å²) in [6.45, 7) is 11.8. The molecule has 0 aliphatic heterocycles. The molecule has 0 spiro atoms. The van der Waals surface area contributed by atoms with Crippen LogP contribution in [0, 0.1) is 6.92 Å². The van der Waals surface area contributed by atoms with Crippen molar-refractivity contribution in [3.63, 3.8) is 0 Å².